The fraction of sp³-hybridized carbons (Fsp3) is 0.591. The van der Waals surface area contributed by atoms with Crippen LogP contribution in [0.1, 0.15) is 110 Å². The number of nitrogens with zero attached hydrogens (tertiary/aromatic N) is 1. The van der Waals surface area contributed by atoms with E-state index in [0.717, 1.165) is 11.3 Å². The van der Waals surface area contributed by atoms with Gasteiger partial charge in [-0.25, -0.2) is 9.59 Å². The van der Waals surface area contributed by atoms with Crippen LogP contribution in [-0.2, 0) is 39.8 Å². The Morgan fingerprint density at radius 1 is 0.982 bits per heavy atom. The minimum absolute atomic E-state index is 0.0952. The number of anilines is 1. The van der Waals surface area contributed by atoms with Gasteiger partial charge in [-0.15, -0.1) is 0 Å². The lowest BCUT2D eigenvalue weighted by molar-refractivity contribution is -0.259. The number of hydrogen-bond acceptors (Lipinski definition) is 12. The number of carbonyl (C=O) groups is 2. The Labute approximate surface area is 337 Å². The Morgan fingerprint density at radius 2 is 1.68 bits per heavy atom. The molecule has 0 radical (unpaired) electrons. The number of hydrogen-bond donors (Lipinski definition) is 1. The smallest absolute Gasteiger partial charge is 0.414 e. The van der Waals surface area contributed by atoms with E-state index >= 15 is 0 Å². The van der Waals surface area contributed by atoms with Gasteiger partial charge in [0.2, 0.25) is 11.6 Å². The van der Waals surface area contributed by atoms with Crippen LogP contribution in [-0.4, -0.2) is 84.5 Å². The van der Waals surface area contributed by atoms with Crippen molar-refractivity contribution >= 4 is 23.8 Å². The zero-order valence-corrected chi connectivity index (χ0v) is 35.5. The normalized spacial score (nSPS) is 24.8. The first-order chi connectivity index (χ1) is 26.5. The Balaban J connectivity index is 1.51. The van der Waals surface area contributed by atoms with Crippen molar-refractivity contribution in [1.29, 1.82) is 0 Å². The Kier molecular flexibility index (Phi) is 13.2. The summed E-state index contributed by atoms with van der Waals surface area (Å²) in [5, 5.41) is 10.1. The van der Waals surface area contributed by atoms with Gasteiger partial charge in [-0.3, -0.25) is 4.90 Å². The van der Waals surface area contributed by atoms with Gasteiger partial charge >= 0.3 is 12.1 Å². The van der Waals surface area contributed by atoms with Crippen molar-refractivity contribution in [2.75, 3.05) is 25.2 Å². The second-order valence-electron chi connectivity index (χ2n) is 17.3. The van der Waals surface area contributed by atoms with Gasteiger partial charge in [-0.05, 0) is 97.1 Å². The van der Waals surface area contributed by atoms with Gasteiger partial charge in [0.05, 0.1) is 38.7 Å². The molecule has 3 aliphatic rings. The van der Waals surface area contributed by atoms with Gasteiger partial charge in [0, 0.05) is 26.3 Å². The molecule has 1 N–H and O–H groups in total. The minimum Gasteiger partial charge on any atom is -0.497 e. The van der Waals surface area contributed by atoms with Crippen LogP contribution in [0.5, 0.6) is 11.5 Å². The highest BCUT2D eigenvalue weighted by atomic mass is 16.8. The summed E-state index contributed by atoms with van der Waals surface area (Å²) in [6.07, 6.45) is 6.01. The molecule has 13 heteroatoms. The summed E-state index contributed by atoms with van der Waals surface area (Å²) in [6, 6.07) is 11.0. The van der Waals surface area contributed by atoms with Gasteiger partial charge in [-0.2, -0.15) is 0 Å². The molecule has 2 saturated heterocycles. The molecule has 1 amide bonds. The maximum absolute atomic E-state index is 13.8. The van der Waals surface area contributed by atoms with Gasteiger partial charge in [0.15, 0.2) is 11.6 Å². The molecule has 5 atom stereocenters. The lowest BCUT2D eigenvalue weighted by atomic mass is 9.98. The molecule has 0 aromatic heterocycles. The van der Waals surface area contributed by atoms with E-state index in [1.54, 1.807) is 66.9 Å². The molecule has 0 aliphatic carbocycles. The highest BCUT2D eigenvalue weighted by Crippen LogP contribution is 2.43. The van der Waals surface area contributed by atoms with E-state index in [1.807, 2.05) is 77.1 Å². The van der Waals surface area contributed by atoms with Crippen molar-refractivity contribution in [2.45, 2.75) is 143 Å². The molecular formula is C44H61NO12. The van der Waals surface area contributed by atoms with Gasteiger partial charge < -0.3 is 47.7 Å². The molecule has 3 heterocycles. The third-order valence-corrected chi connectivity index (χ3v) is 9.62. The number of ether oxygens (including phenoxy) is 9. The second kappa shape index (κ2) is 17.1. The number of aliphatic hydroxyl groups excluding tert-OH is 1. The fourth-order valence-electron chi connectivity index (χ4n) is 6.80. The van der Waals surface area contributed by atoms with E-state index < -0.39 is 59.1 Å². The summed E-state index contributed by atoms with van der Waals surface area (Å²) in [5.74, 6) is -3.97. The molecule has 0 saturated carbocycles. The van der Waals surface area contributed by atoms with E-state index in [4.69, 9.17) is 42.6 Å². The van der Waals surface area contributed by atoms with Crippen molar-refractivity contribution in [2.24, 2.45) is 5.92 Å². The number of carbonyl (C=O) groups excluding carboxylic acids is 2. The van der Waals surface area contributed by atoms with Crippen LogP contribution >= 0.6 is 0 Å². The number of fused-ring (bicyclic) bond motifs is 1. The van der Waals surface area contributed by atoms with Crippen molar-refractivity contribution in [1.82, 2.24) is 0 Å². The molecule has 2 aromatic rings. The van der Waals surface area contributed by atoms with Gasteiger partial charge in [0.1, 0.15) is 34.9 Å². The van der Waals surface area contributed by atoms with Crippen molar-refractivity contribution in [3.05, 3.63) is 71.3 Å². The monoisotopic (exact) mass is 795 g/mol. The van der Waals surface area contributed by atoms with E-state index in [9.17, 15) is 14.7 Å². The average Bonchev–Trinajstić information content (AvgIpc) is 3.57. The summed E-state index contributed by atoms with van der Waals surface area (Å²) in [4.78, 5) is 28.9. The minimum atomic E-state index is -1.26. The number of benzene rings is 2. The Bertz CT molecular complexity index is 1790. The van der Waals surface area contributed by atoms with Crippen molar-refractivity contribution in [3.63, 3.8) is 0 Å². The van der Waals surface area contributed by atoms with Crippen LogP contribution in [0.3, 0.4) is 0 Å². The number of esters is 1. The van der Waals surface area contributed by atoms with Gasteiger partial charge in [0.25, 0.3) is 0 Å². The van der Waals surface area contributed by atoms with Crippen LogP contribution in [0, 0.1) is 5.92 Å². The second-order valence-corrected chi connectivity index (χ2v) is 17.3. The Morgan fingerprint density at radius 3 is 2.30 bits per heavy atom. The molecule has 0 spiro atoms. The number of aliphatic hydroxyl groups is 1. The van der Waals surface area contributed by atoms with Crippen LogP contribution in [0.4, 0.5) is 10.5 Å². The molecule has 57 heavy (non-hydrogen) atoms. The van der Waals surface area contributed by atoms with E-state index in [0.29, 0.717) is 24.1 Å². The summed E-state index contributed by atoms with van der Waals surface area (Å²) >= 11 is 0. The van der Waals surface area contributed by atoms with Crippen LogP contribution in [0.25, 0.3) is 6.08 Å². The summed E-state index contributed by atoms with van der Waals surface area (Å²) in [6.45, 7) is 20.3. The highest BCUT2D eigenvalue weighted by molar-refractivity contribution is 6.00. The van der Waals surface area contributed by atoms with E-state index in [1.165, 1.54) is 4.90 Å². The number of cyclic esters (lactones) is 1. The summed E-state index contributed by atoms with van der Waals surface area (Å²) < 4.78 is 54.7. The molecule has 13 nitrogen and oxygen atoms in total. The number of rotatable bonds is 14. The third kappa shape index (κ3) is 11.6. The van der Waals surface area contributed by atoms with Crippen LogP contribution in [0.15, 0.2) is 54.6 Å². The molecule has 1 unspecified atom stereocenters. The molecule has 314 valence electrons. The van der Waals surface area contributed by atoms with E-state index in [2.05, 4.69) is 0 Å². The van der Waals surface area contributed by atoms with E-state index in [-0.39, 0.29) is 37.0 Å². The first-order valence-electron chi connectivity index (χ1n) is 19.6. The van der Waals surface area contributed by atoms with Crippen LogP contribution in [0.2, 0.25) is 0 Å². The predicted molar refractivity (Wildman–Crippen MR) is 214 cm³/mol. The maximum Gasteiger partial charge on any atom is 0.414 e. The first kappa shape index (κ1) is 44.1. The summed E-state index contributed by atoms with van der Waals surface area (Å²) in [7, 11) is 1.62. The molecule has 3 aliphatic heterocycles. The Hall–Kier alpha value is -3.98. The molecule has 0 bridgehead atoms. The number of methoxy groups -OCH3 is 1. The highest BCUT2D eigenvalue weighted by Gasteiger charge is 2.53. The SMILES string of the molecule is COc1ccc(CO[C@]2(C/C=C\[C@@H](C)[C@H](C)O)OC(C)(C)O[C@H]2C/C=C/c2cc(N(CC3COC(C)(C)O3)C(=O)OC(C)(C)C)cc3c2C(=O)OC(C)(C)O3)cc1. The fourth-order valence-corrected chi connectivity index (χ4v) is 6.80. The largest absolute Gasteiger partial charge is 0.497 e. The lowest BCUT2D eigenvalue weighted by Gasteiger charge is -2.34. The molecular weight excluding hydrogens is 734 g/mol. The summed E-state index contributed by atoms with van der Waals surface area (Å²) in [5.41, 5.74) is 1.22. The topological polar surface area (TPSA) is 141 Å². The van der Waals surface area contributed by atoms with Crippen LogP contribution < -0.4 is 14.4 Å². The quantitative estimate of drug-likeness (QED) is 0.145. The molecule has 2 aromatic carbocycles. The average molecular weight is 796 g/mol. The predicted octanol–water partition coefficient (Wildman–Crippen LogP) is 8.30. The third-order valence-electron chi connectivity index (χ3n) is 9.62. The van der Waals surface area contributed by atoms with Crippen molar-refractivity contribution in [3.8, 4) is 11.5 Å². The van der Waals surface area contributed by atoms with Gasteiger partial charge in [-0.1, -0.05) is 43.4 Å². The first-order valence-corrected chi connectivity index (χ1v) is 19.6. The van der Waals surface area contributed by atoms with Crippen molar-refractivity contribution < 1.29 is 57.3 Å². The maximum atomic E-state index is 13.8. The number of amides is 1. The lowest BCUT2D eigenvalue weighted by Crippen LogP contribution is -2.43. The zero-order valence-electron chi connectivity index (χ0n) is 35.5. The molecule has 5 rings (SSSR count). The standard InChI is InChI=1S/C44H61NO12/c1-28(29(2)46)15-14-22-44(51-26-30-18-20-33(49-12)21-19-30)36(54-43(10,11)57-44)17-13-16-31-23-32(24-35-37(31)38(47)55-42(8,9)53-35)45(39(48)56-40(3,4)5)25-34-27-50-41(6,7)52-34/h13-16,18-21,23-24,28-29,34,36,46H,17,22,25-27H2,1-12H3/b15-14-,16-13+/t28-,29+,34?,36+,44-/m1/s1. The molecule has 2 fully saturated rings. The zero-order chi connectivity index (χ0) is 42.0.